The van der Waals surface area contributed by atoms with Crippen molar-refractivity contribution >= 4 is 31.5 Å². The molecular formula is C13H19ClN2O4S. The number of carbonyl (C=O) groups is 2. The predicted octanol–water partition coefficient (Wildman–Crippen LogP) is 0.557. The van der Waals surface area contributed by atoms with Crippen LogP contribution in [0.1, 0.15) is 32.1 Å². The van der Waals surface area contributed by atoms with E-state index in [0.717, 1.165) is 25.7 Å². The molecule has 6 nitrogen and oxygen atoms in total. The summed E-state index contributed by atoms with van der Waals surface area (Å²) in [4.78, 5) is 27.5. The van der Waals surface area contributed by atoms with Gasteiger partial charge in [0.2, 0.25) is 20.9 Å². The molecule has 1 atom stereocenters. The van der Waals surface area contributed by atoms with Crippen molar-refractivity contribution in [2.24, 2.45) is 5.92 Å². The first-order valence-electron chi connectivity index (χ1n) is 7.38. The molecule has 0 aromatic carbocycles. The largest absolute Gasteiger partial charge is 0.342 e. The fourth-order valence-corrected chi connectivity index (χ4v) is 4.26. The van der Waals surface area contributed by atoms with E-state index < -0.39 is 14.3 Å². The molecule has 0 radical (unpaired) electrons. The predicted molar refractivity (Wildman–Crippen MR) is 77.2 cm³/mol. The molecule has 2 saturated heterocycles. The van der Waals surface area contributed by atoms with Gasteiger partial charge in [-0.15, -0.1) is 0 Å². The van der Waals surface area contributed by atoms with E-state index >= 15 is 0 Å². The highest BCUT2D eigenvalue weighted by molar-refractivity contribution is 8.14. The average Bonchev–Trinajstić information content (AvgIpc) is 3.20. The number of piperidine rings is 1. The Bertz CT molecular complexity index is 553. The van der Waals surface area contributed by atoms with E-state index in [0.29, 0.717) is 13.1 Å². The van der Waals surface area contributed by atoms with Gasteiger partial charge in [-0.1, -0.05) is 0 Å². The minimum atomic E-state index is -3.69. The zero-order chi connectivity index (χ0) is 15.2. The van der Waals surface area contributed by atoms with Crippen LogP contribution in [0.5, 0.6) is 0 Å². The molecule has 2 heterocycles. The van der Waals surface area contributed by atoms with Gasteiger partial charge in [0.25, 0.3) is 0 Å². The number of halogens is 1. The van der Waals surface area contributed by atoms with E-state index in [-0.39, 0.29) is 36.7 Å². The fraction of sp³-hybridized carbons (Fsp3) is 0.846. The molecule has 8 heteroatoms. The lowest BCUT2D eigenvalue weighted by Crippen LogP contribution is -2.47. The smallest absolute Gasteiger partial charge is 0.237 e. The average molecular weight is 335 g/mol. The molecule has 21 heavy (non-hydrogen) atoms. The van der Waals surface area contributed by atoms with Crippen LogP contribution in [0, 0.1) is 5.92 Å². The molecule has 1 aliphatic carbocycles. The molecular weight excluding hydrogens is 316 g/mol. The van der Waals surface area contributed by atoms with Crippen molar-refractivity contribution in [2.45, 2.75) is 43.4 Å². The number of nitrogens with zero attached hydrogens (tertiary/aromatic N) is 2. The Morgan fingerprint density at radius 3 is 2.24 bits per heavy atom. The summed E-state index contributed by atoms with van der Waals surface area (Å²) >= 11 is 0. The van der Waals surface area contributed by atoms with Crippen molar-refractivity contribution in [1.82, 2.24) is 9.80 Å². The molecule has 1 saturated carbocycles. The quantitative estimate of drug-likeness (QED) is 0.707. The lowest BCUT2D eigenvalue weighted by Gasteiger charge is -2.36. The maximum absolute atomic E-state index is 12.0. The summed E-state index contributed by atoms with van der Waals surface area (Å²) < 4.78 is 22.7. The van der Waals surface area contributed by atoms with Crippen molar-refractivity contribution < 1.29 is 18.0 Å². The van der Waals surface area contributed by atoms with Gasteiger partial charge in [0, 0.05) is 48.7 Å². The lowest BCUT2D eigenvalue weighted by atomic mass is 10.0. The first kappa shape index (κ1) is 15.1. The van der Waals surface area contributed by atoms with Crippen molar-refractivity contribution in [3.8, 4) is 0 Å². The number of hydrogen-bond donors (Lipinski definition) is 0. The Morgan fingerprint density at radius 2 is 1.76 bits per heavy atom. The first-order chi connectivity index (χ1) is 9.86. The van der Waals surface area contributed by atoms with E-state index in [4.69, 9.17) is 10.7 Å². The normalized spacial score (nSPS) is 28.2. The molecule has 118 valence electrons. The van der Waals surface area contributed by atoms with E-state index in [1.165, 1.54) is 0 Å². The van der Waals surface area contributed by atoms with Gasteiger partial charge >= 0.3 is 0 Å². The van der Waals surface area contributed by atoms with Gasteiger partial charge in [0.15, 0.2) is 0 Å². The molecule has 0 N–H and O–H groups in total. The van der Waals surface area contributed by atoms with Crippen LogP contribution >= 0.6 is 10.7 Å². The maximum atomic E-state index is 12.0. The maximum Gasteiger partial charge on any atom is 0.237 e. The Balaban J connectivity index is 1.57. The van der Waals surface area contributed by atoms with Gasteiger partial charge in [-0.25, -0.2) is 8.42 Å². The minimum Gasteiger partial charge on any atom is -0.342 e. The Kier molecular flexibility index (Phi) is 3.90. The number of carbonyl (C=O) groups excluding carboxylic acids is 2. The summed E-state index contributed by atoms with van der Waals surface area (Å²) in [5.41, 5.74) is 0. The molecule has 3 aliphatic rings. The van der Waals surface area contributed by atoms with Crippen LogP contribution in [0.15, 0.2) is 0 Å². The van der Waals surface area contributed by atoms with Gasteiger partial charge in [-0.2, -0.15) is 0 Å². The monoisotopic (exact) mass is 334 g/mol. The Labute approximate surface area is 128 Å². The van der Waals surface area contributed by atoms with Gasteiger partial charge < -0.3 is 9.80 Å². The highest BCUT2D eigenvalue weighted by atomic mass is 35.7. The van der Waals surface area contributed by atoms with E-state index in [2.05, 4.69) is 0 Å². The second kappa shape index (κ2) is 5.43. The van der Waals surface area contributed by atoms with Crippen molar-refractivity contribution in [3.05, 3.63) is 0 Å². The lowest BCUT2D eigenvalue weighted by molar-refractivity contribution is -0.135. The first-order valence-corrected chi connectivity index (χ1v) is 9.75. The van der Waals surface area contributed by atoms with Gasteiger partial charge in [-0.3, -0.25) is 9.59 Å². The van der Waals surface area contributed by atoms with Crippen LogP contribution in [0.3, 0.4) is 0 Å². The van der Waals surface area contributed by atoms with Gasteiger partial charge in [-0.05, 0) is 25.7 Å². The summed E-state index contributed by atoms with van der Waals surface area (Å²) in [6, 6.07) is 0.0316. The highest BCUT2D eigenvalue weighted by Crippen LogP contribution is 2.33. The van der Waals surface area contributed by atoms with E-state index in [1.54, 1.807) is 4.90 Å². The van der Waals surface area contributed by atoms with Crippen molar-refractivity contribution in [1.29, 1.82) is 0 Å². The molecule has 2 amide bonds. The molecule has 0 aromatic rings. The Morgan fingerprint density at radius 1 is 1.14 bits per heavy atom. The van der Waals surface area contributed by atoms with Crippen LogP contribution in [0.25, 0.3) is 0 Å². The third-order valence-electron chi connectivity index (χ3n) is 4.66. The molecule has 3 rings (SSSR count). The van der Waals surface area contributed by atoms with Crippen molar-refractivity contribution in [3.63, 3.8) is 0 Å². The van der Waals surface area contributed by atoms with E-state index in [9.17, 15) is 18.0 Å². The van der Waals surface area contributed by atoms with Gasteiger partial charge in [0.05, 0.1) is 0 Å². The summed E-state index contributed by atoms with van der Waals surface area (Å²) in [5.74, 6) is 0.319. The number of amides is 2. The minimum absolute atomic E-state index is 0.0208. The standard InChI is InChI=1S/C13H19ClN2O4S/c14-21(19,20)11-7-12(17)16(8-11)10-3-5-15(6-4-10)13(18)9-1-2-9/h9-11H,1-8H2. The number of hydrogen-bond acceptors (Lipinski definition) is 4. The third kappa shape index (κ3) is 3.18. The third-order valence-corrected chi connectivity index (χ3v) is 6.53. The molecule has 2 aliphatic heterocycles. The van der Waals surface area contributed by atoms with Crippen LogP contribution in [-0.2, 0) is 18.6 Å². The van der Waals surface area contributed by atoms with Crippen LogP contribution in [-0.4, -0.2) is 61.0 Å². The van der Waals surface area contributed by atoms with Crippen LogP contribution in [0.4, 0.5) is 0 Å². The topological polar surface area (TPSA) is 74.8 Å². The fourth-order valence-electron chi connectivity index (χ4n) is 3.23. The Hall–Kier alpha value is -0.820. The summed E-state index contributed by atoms with van der Waals surface area (Å²) in [6.07, 6.45) is 3.42. The second-order valence-corrected chi connectivity index (χ2v) is 9.09. The van der Waals surface area contributed by atoms with E-state index in [1.807, 2.05) is 4.90 Å². The number of rotatable bonds is 3. The highest BCUT2D eigenvalue weighted by Gasteiger charge is 2.42. The summed E-state index contributed by atoms with van der Waals surface area (Å²) in [6.45, 7) is 1.50. The SMILES string of the molecule is O=C(C1CC1)N1CCC(N2CC(S(=O)(=O)Cl)CC2=O)CC1. The molecule has 0 aromatic heterocycles. The second-order valence-electron chi connectivity index (χ2n) is 6.18. The van der Waals surface area contributed by atoms with Crippen LogP contribution < -0.4 is 0 Å². The summed E-state index contributed by atoms with van der Waals surface area (Å²) in [7, 11) is 1.67. The summed E-state index contributed by atoms with van der Waals surface area (Å²) in [5, 5.41) is -0.794. The zero-order valence-corrected chi connectivity index (χ0v) is 13.3. The van der Waals surface area contributed by atoms with Crippen molar-refractivity contribution in [2.75, 3.05) is 19.6 Å². The molecule has 3 fully saturated rings. The molecule has 1 unspecified atom stereocenters. The molecule has 0 bridgehead atoms. The number of likely N-dealkylation sites (tertiary alicyclic amines) is 2. The van der Waals surface area contributed by atoms with Crippen LogP contribution in [0.2, 0.25) is 0 Å². The molecule has 0 spiro atoms. The zero-order valence-electron chi connectivity index (χ0n) is 11.7. The van der Waals surface area contributed by atoms with Gasteiger partial charge in [0.1, 0.15) is 5.25 Å².